The molecule has 0 aliphatic carbocycles. The first-order chi connectivity index (χ1) is 12.4. The second-order valence-electron chi connectivity index (χ2n) is 6.56. The minimum absolute atomic E-state index is 0.220. The first-order valence-electron chi connectivity index (χ1n) is 8.63. The van der Waals surface area contributed by atoms with E-state index in [0.29, 0.717) is 18.7 Å². The zero-order valence-corrected chi connectivity index (χ0v) is 15.1. The third-order valence-electron chi connectivity index (χ3n) is 4.81. The first-order valence-corrected chi connectivity index (χ1v) is 10.2. The van der Waals surface area contributed by atoms with Gasteiger partial charge in [0.25, 0.3) is 5.91 Å². The Hall–Kier alpha value is -1.58. The van der Waals surface area contributed by atoms with Crippen molar-refractivity contribution in [2.24, 2.45) is 0 Å². The molecular weight excluding hydrogens is 366 g/mol. The Labute approximate surface area is 151 Å². The number of carbonyl (C=O) groups is 1. The predicted molar refractivity (Wildman–Crippen MR) is 90.9 cm³/mol. The molecule has 0 aromatic heterocycles. The molecule has 2 aliphatic rings. The van der Waals surface area contributed by atoms with Crippen LogP contribution in [0.4, 0.5) is 8.78 Å². The molecular formula is C17H22F2N2O4S. The molecule has 1 aromatic rings. The van der Waals surface area contributed by atoms with E-state index in [1.807, 2.05) is 0 Å². The minimum atomic E-state index is -4.64. The number of hydrogen-bond acceptors (Lipinski definition) is 5. The van der Waals surface area contributed by atoms with Crippen molar-refractivity contribution in [3.8, 4) is 0 Å². The van der Waals surface area contributed by atoms with Gasteiger partial charge in [-0.05, 0) is 37.1 Å². The Morgan fingerprint density at radius 2 is 1.81 bits per heavy atom. The van der Waals surface area contributed by atoms with Crippen LogP contribution in [0.25, 0.3) is 0 Å². The molecule has 2 heterocycles. The smallest absolute Gasteiger partial charge is 0.341 e. The number of ether oxygens (including phenoxy) is 1. The molecule has 144 valence electrons. The van der Waals surface area contributed by atoms with Gasteiger partial charge in [-0.15, -0.1) is 0 Å². The van der Waals surface area contributed by atoms with E-state index in [-0.39, 0.29) is 12.0 Å². The van der Waals surface area contributed by atoms with Crippen molar-refractivity contribution in [3.05, 3.63) is 29.8 Å². The zero-order valence-electron chi connectivity index (χ0n) is 14.3. The van der Waals surface area contributed by atoms with Crippen molar-refractivity contribution >= 4 is 15.7 Å². The van der Waals surface area contributed by atoms with Crippen molar-refractivity contribution in [1.82, 2.24) is 9.80 Å². The number of nitrogens with zero attached hydrogens (tertiary/aromatic N) is 2. The maximum Gasteiger partial charge on any atom is 0.341 e. The van der Waals surface area contributed by atoms with Crippen LogP contribution in [0, 0.1) is 0 Å². The summed E-state index contributed by atoms with van der Waals surface area (Å²) in [4.78, 5) is 16.0. The van der Waals surface area contributed by atoms with Gasteiger partial charge in [0, 0.05) is 44.9 Å². The van der Waals surface area contributed by atoms with E-state index in [1.165, 1.54) is 12.1 Å². The summed E-state index contributed by atoms with van der Waals surface area (Å²) >= 11 is 0. The van der Waals surface area contributed by atoms with Gasteiger partial charge in [-0.1, -0.05) is 0 Å². The lowest BCUT2D eigenvalue weighted by atomic mass is 10.1. The lowest BCUT2D eigenvalue weighted by molar-refractivity contribution is 0.0432. The van der Waals surface area contributed by atoms with Crippen LogP contribution in [0.15, 0.2) is 29.2 Å². The normalized spacial score (nSPS) is 22.1. The van der Waals surface area contributed by atoms with Crippen molar-refractivity contribution in [1.29, 1.82) is 0 Å². The number of carbonyl (C=O) groups excluding carboxylic acids is 1. The van der Waals surface area contributed by atoms with E-state index in [4.69, 9.17) is 4.74 Å². The number of sulfone groups is 1. The molecule has 6 nitrogen and oxygen atoms in total. The van der Waals surface area contributed by atoms with Crippen LogP contribution in [-0.2, 0) is 14.6 Å². The second kappa shape index (κ2) is 7.98. The summed E-state index contributed by atoms with van der Waals surface area (Å²) in [5.41, 5.74) is 0.297. The highest BCUT2D eigenvalue weighted by atomic mass is 32.2. The fourth-order valence-electron chi connectivity index (χ4n) is 3.28. The van der Waals surface area contributed by atoms with E-state index in [2.05, 4.69) is 4.90 Å². The van der Waals surface area contributed by atoms with Gasteiger partial charge in [-0.25, -0.2) is 8.42 Å². The third-order valence-corrected chi connectivity index (χ3v) is 6.21. The number of amides is 1. The number of rotatable bonds is 5. The fraction of sp³-hybridized carbons (Fsp3) is 0.588. The highest BCUT2D eigenvalue weighted by molar-refractivity contribution is 7.91. The maximum atomic E-state index is 12.6. The Kier molecular flexibility index (Phi) is 5.89. The number of piperazine rings is 1. The molecule has 2 saturated heterocycles. The lowest BCUT2D eigenvalue weighted by Crippen LogP contribution is -2.50. The fourth-order valence-corrected chi connectivity index (χ4v) is 4.00. The standard InChI is InChI=1S/C17H22F2N2O4S/c18-17(19)26(23,24)15-5-3-13(4-6-15)16(22)21-9-7-20(8-10-21)12-14-2-1-11-25-14/h3-6,14,17H,1-2,7-12H2. The van der Waals surface area contributed by atoms with E-state index in [1.54, 1.807) is 4.90 Å². The van der Waals surface area contributed by atoms with Crippen LogP contribution in [0.1, 0.15) is 23.2 Å². The molecule has 2 fully saturated rings. The van der Waals surface area contributed by atoms with Gasteiger partial charge >= 0.3 is 5.76 Å². The predicted octanol–water partition coefficient (Wildman–Crippen LogP) is 1.62. The van der Waals surface area contributed by atoms with E-state index in [9.17, 15) is 22.0 Å². The highest BCUT2D eigenvalue weighted by Gasteiger charge is 2.28. The van der Waals surface area contributed by atoms with Crippen LogP contribution in [0.5, 0.6) is 0 Å². The summed E-state index contributed by atoms with van der Waals surface area (Å²) in [5.74, 6) is -3.69. The SMILES string of the molecule is O=C(c1ccc(S(=O)(=O)C(F)F)cc1)N1CCN(CC2CCCO2)CC1. The van der Waals surface area contributed by atoms with E-state index in [0.717, 1.165) is 51.2 Å². The van der Waals surface area contributed by atoms with Gasteiger partial charge in [0.05, 0.1) is 11.0 Å². The summed E-state index contributed by atoms with van der Waals surface area (Å²) in [6.45, 7) is 4.35. The average molecular weight is 388 g/mol. The molecule has 1 amide bonds. The zero-order chi connectivity index (χ0) is 18.7. The highest BCUT2D eigenvalue weighted by Crippen LogP contribution is 2.20. The molecule has 0 saturated carbocycles. The summed E-state index contributed by atoms with van der Waals surface area (Å²) in [6.07, 6.45) is 2.45. The van der Waals surface area contributed by atoms with Gasteiger partial charge < -0.3 is 9.64 Å². The number of alkyl halides is 2. The van der Waals surface area contributed by atoms with Crippen molar-refractivity contribution in [3.63, 3.8) is 0 Å². The molecule has 2 aliphatic heterocycles. The van der Waals surface area contributed by atoms with Crippen LogP contribution in [0.2, 0.25) is 0 Å². The molecule has 9 heteroatoms. The molecule has 1 atom stereocenters. The van der Waals surface area contributed by atoms with Gasteiger partial charge in [0.15, 0.2) is 0 Å². The van der Waals surface area contributed by atoms with Crippen LogP contribution in [-0.4, -0.2) is 75.3 Å². The summed E-state index contributed by atoms with van der Waals surface area (Å²) in [6, 6.07) is 4.69. The molecule has 1 aromatic carbocycles. The Bertz CT molecular complexity index is 726. The summed E-state index contributed by atoms with van der Waals surface area (Å²) in [7, 11) is -4.64. The number of halogens is 2. The van der Waals surface area contributed by atoms with Gasteiger partial charge in [0.1, 0.15) is 0 Å². The van der Waals surface area contributed by atoms with E-state index < -0.39 is 20.5 Å². The quantitative estimate of drug-likeness (QED) is 0.767. The minimum Gasteiger partial charge on any atom is -0.377 e. The number of hydrogen-bond donors (Lipinski definition) is 0. The van der Waals surface area contributed by atoms with E-state index >= 15 is 0 Å². The van der Waals surface area contributed by atoms with Crippen molar-refractivity contribution in [2.45, 2.75) is 29.6 Å². The van der Waals surface area contributed by atoms with Crippen molar-refractivity contribution in [2.75, 3.05) is 39.3 Å². The molecule has 1 unspecified atom stereocenters. The van der Waals surface area contributed by atoms with Crippen molar-refractivity contribution < 1.29 is 26.7 Å². The Morgan fingerprint density at radius 1 is 1.15 bits per heavy atom. The lowest BCUT2D eigenvalue weighted by Gasteiger charge is -2.35. The van der Waals surface area contributed by atoms with Gasteiger partial charge in [-0.2, -0.15) is 8.78 Å². The van der Waals surface area contributed by atoms with Gasteiger partial charge in [0.2, 0.25) is 9.84 Å². The molecule has 0 N–H and O–H groups in total. The molecule has 3 rings (SSSR count). The van der Waals surface area contributed by atoms with Crippen LogP contribution in [0.3, 0.4) is 0 Å². The summed E-state index contributed by atoms with van der Waals surface area (Å²) in [5, 5.41) is 0. The first kappa shape index (κ1) is 19.2. The topological polar surface area (TPSA) is 66.9 Å². The van der Waals surface area contributed by atoms with Crippen LogP contribution < -0.4 is 0 Å². The van der Waals surface area contributed by atoms with Gasteiger partial charge in [-0.3, -0.25) is 9.69 Å². The largest absolute Gasteiger partial charge is 0.377 e. The Balaban J connectivity index is 1.56. The van der Waals surface area contributed by atoms with Crippen LogP contribution >= 0.6 is 0 Å². The Morgan fingerprint density at radius 3 is 2.35 bits per heavy atom. The average Bonchev–Trinajstić information content (AvgIpc) is 3.15. The monoisotopic (exact) mass is 388 g/mol. The molecule has 0 bridgehead atoms. The molecule has 26 heavy (non-hydrogen) atoms. The molecule has 0 spiro atoms. The second-order valence-corrected chi connectivity index (χ2v) is 8.48. The number of benzene rings is 1. The summed E-state index contributed by atoms with van der Waals surface area (Å²) < 4.78 is 53.6. The molecule has 0 radical (unpaired) electrons. The third kappa shape index (κ3) is 4.21. The maximum absolute atomic E-state index is 12.6.